The molecule has 1 aromatic rings. The lowest BCUT2D eigenvalue weighted by Crippen LogP contribution is -2.10. The maximum absolute atomic E-state index is 14.0. The average molecular weight is 264 g/mol. The van der Waals surface area contributed by atoms with Crippen molar-refractivity contribution in [1.82, 2.24) is 0 Å². The molecule has 0 aliphatic heterocycles. The van der Waals surface area contributed by atoms with Gasteiger partial charge >= 0.3 is 0 Å². The summed E-state index contributed by atoms with van der Waals surface area (Å²) in [7, 11) is 1.41. The van der Waals surface area contributed by atoms with E-state index in [9.17, 15) is 9.18 Å². The number of Topliss-reactive ketones (excluding diaryl/α,β-unsaturated/α-hetero) is 1. The van der Waals surface area contributed by atoms with Gasteiger partial charge in [0.05, 0.1) is 12.7 Å². The molecule has 1 aromatic carbocycles. The highest BCUT2D eigenvalue weighted by molar-refractivity contribution is 5.96. The summed E-state index contributed by atoms with van der Waals surface area (Å²) in [6, 6.07) is 4.76. The fourth-order valence-corrected chi connectivity index (χ4v) is 2.82. The van der Waals surface area contributed by atoms with Gasteiger partial charge < -0.3 is 4.74 Å². The highest BCUT2D eigenvalue weighted by Crippen LogP contribution is 2.28. The summed E-state index contributed by atoms with van der Waals surface area (Å²) in [5.74, 6) is -0.0563. The largest absolute Gasteiger partial charge is 0.494 e. The van der Waals surface area contributed by atoms with Crippen molar-refractivity contribution in [3.63, 3.8) is 0 Å². The monoisotopic (exact) mass is 264 g/mol. The number of ketones is 1. The van der Waals surface area contributed by atoms with Gasteiger partial charge in [-0.25, -0.2) is 4.39 Å². The molecule has 1 aliphatic rings. The quantitative estimate of drug-likeness (QED) is 0.596. The highest BCUT2D eigenvalue weighted by atomic mass is 19.1. The lowest BCUT2D eigenvalue weighted by atomic mass is 9.92. The zero-order chi connectivity index (χ0) is 13.7. The Morgan fingerprint density at radius 1 is 1.26 bits per heavy atom. The molecule has 0 bridgehead atoms. The standard InChI is InChI=1S/C16H21FO2/c1-19-15-10-6-9-13(16(15)17)14(18)11-12-7-4-2-3-5-8-12/h6,9-10,12H,2-5,7-8,11H2,1H3. The number of carbonyl (C=O) groups excluding carboxylic acids is 1. The molecule has 0 unspecified atom stereocenters. The maximum Gasteiger partial charge on any atom is 0.175 e. The Balaban J connectivity index is 2.06. The van der Waals surface area contributed by atoms with Crippen LogP contribution in [0.25, 0.3) is 0 Å². The fraction of sp³-hybridized carbons (Fsp3) is 0.562. The molecule has 0 amide bonds. The van der Waals surface area contributed by atoms with Gasteiger partial charge in [0.15, 0.2) is 17.3 Å². The van der Waals surface area contributed by atoms with E-state index in [-0.39, 0.29) is 17.1 Å². The maximum atomic E-state index is 14.0. The topological polar surface area (TPSA) is 26.3 Å². The fourth-order valence-electron chi connectivity index (χ4n) is 2.82. The van der Waals surface area contributed by atoms with Gasteiger partial charge in [-0.05, 0) is 18.1 Å². The third-order valence-electron chi connectivity index (χ3n) is 3.93. The molecular formula is C16H21FO2. The van der Waals surface area contributed by atoms with E-state index in [0.717, 1.165) is 12.8 Å². The van der Waals surface area contributed by atoms with Crippen molar-refractivity contribution in [1.29, 1.82) is 0 Å². The van der Waals surface area contributed by atoms with E-state index in [4.69, 9.17) is 4.74 Å². The Labute approximate surface area is 114 Å². The van der Waals surface area contributed by atoms with Crippen LogP contribution in [0.1, 0.15) is 55.3 Å². The van der Waals surface area contributed by atoms with E-state index in [2.05, 4.69) is 0 Å². The normalized spacial score (nSPS) is 16.9. The van der Waals surface area contributed by atoms with E-state index < -0.39 is 5.82 Å². The van der Waals surface area contributed by atoms with E-state index in [1.807, 2.05) is 0 Å². The molecule has 1 aliphatic carbocycles. The Morgan fingerprint density at radius 3 is 2.58 bits per heavy atom. The van der Waals surface area contributed by atoms with Crippen LogP contribution in [-0.4, -0.2) is 12.9 Å². The van der Waals surface area contributed by atoms with Gasteiger partial charge in [0.2, 0.25) is 0 Å². The van der Waals surface area contributed by atoms with Crippen LogP contribution < -0.4 is 4.74 Å². The molecule has 0 aromatic heterocycles. The molecule has 2 rings (SSSR count). The highest BCUT2D eigenvalue weighted by Gasteiger charge is 2.20. The lowest BCUT2D eigenvalue weighted by Gasteiger charge is -2.13. The number of rotatable bonds is 4. The number of methoxy groups -OCH3 is 1. The number of halogens is 1. The third kappa shape index (κ3) is 3.55. The molecule has 0 N–H and O–H groups in total. The first-order valence-corrected chi connectivity index (χ1v) is 7.08. The summed E-state index contributed by atoms with van der Waals surface area (Å²) in [6.07, 6.45) is 7.56. The van der Waals surface area contributed by atoms with E-state index in [1.54, 1.807) is 12.1 Å². The van der Waals surface area contributed by atoms with Crippen molar-refractivity contribution in [2.75, 3.05) is 7.11 Å². The molecule has 3 heteroatoms. The Hall–Kier alpha value is -1.38. The molecule has 19 heavy (non-hydrogen) atoms. The molecule has 104 valence electrons. The van der Waals surface area contributed by atoms with Crippen LogP contribution in [0.15, 0.2) is 18.2 Å². The van der Waals surface area contributed by atoms with Crippen molar-refractivity contribution >= 4 is 5.78 Å². The van der Waals surface area contributed by atoms with Crippen LogP contribution in [0.4, 0.5) is 4.39 Å². The first kappa shape index (κ1) is 14.0. The SMILES string of the molecule is COc1cccc(C(=O)CC2CCCCCC2)c1F. The summed E-state index contributed by atoms with van der Waals surface area (Å²) in [6.45, 7) is 0. The van der Waals surface area contributed by atoms with Crippen LogP contribution in [0.3, 0.4) is 0 Å². The Morgan fingerprint density at radius 2 is 1.95 bits per heavy atom. The van der Waals surface area contributed by atoms with E-state index >= 15 is 0 Å². The predicted octanol–water partition coefficient (Wildman–Crippen LogP) is 4.38. The second-order valence-electron chi connectivity index (χ2n) is 5.31. The summed E-state index contributed by atoms with van der Waals surface area (Å²) in [4.78, 5) is 12.2. The second kappa shape index (κ2) is 6.69. The smallest absolute Gasteiger partial charge is 0.175 e. The summed E-state index contributed by atoms with van der Waals surface area (Å²) in [5, 5.41) is 0. The van der Waals surface area contributed by atoms with Crippen molar-refractivity contribution < 1.29 is 13.9 Å². The molecule has 1 fully saturated rings. The zero-order valence-electron chi connectivity index (χ0n) is 11.5. The summed E-state index contributed by atoms with van der Waals surface area (Å²) < 4.78 is 18.9. The first-order chi connectivity index (χ1) is 9.22. The van der Waals surface area contributed by atoms with Crippen LogP contribution in [0.2, 0.25) is 0 Å². The Bertz CT molecular complexity index is 434. The molecule has 0 heterocycles. The minimum atomic E-state index is -0.524. The number of hydrogen-bond acceptors (Lipinski definition) is 2. The molecule has 1 saturated carbocycles. The van der Waals surface area contributed by atoms with Crippen LogP contribution >= 0.6 is 0 Å². The van der Waals surface area contributed by atoms with Crippen molar-refractivity contribution in [2.45, 2.75) is 44.9 Å². The van der Waals surface area contributed by atoms with Gasteiger partial charge in [-0.1, -0.05) is 44.6 Å². The summed E-state index contributed by atoms with van der Waals surface area (Å²) in [5.41, 5.74) is 0.170. The Kier molecular flexibility index (Phi) is 4.94. The third-order valence-corrected chi connectivity index (χ3v) is 3.93. The average Bonchev–Trinajstić information content (AvgIpc) is 2.67. The number of ether oxygens (including phenoxy) is 1. The molecule has 2 nitrogen and oxygen atoms in total. The number of hydrogen-bond donors (Lipinski definition) is 0. The van der Waals surface area contributed by atoms with Crippen molar-refractivity contribution in [3.05, 3.63) is 29.6 Å². The van der Waals surface area contributed by atoms with E-state index in [0.29, 0.717) is 12.3 Å². The first-order valence-electron chi connectivity index (χ1n) is 7.08. The lowest BCUT2D eigenvalue weighted by molar-refractivity contribution is 0.0952. The summed E-state index contributed by atoms with van der Waals surface area (Å²) >= 11 is 0. The second-order valence-corrected chi connectivity index (χ2v) is 5.31. The molecule has 0 radical (unpaired) electrons. The van der Waals surface area contributed by atoms with Crippen LogP contribution in [0.5, 0.6) is 5.75 Å². The molecule has 0 spiro atoms. The van der Waals surface area contributed by atoms with Crippen LogP contribution in [-0.2, 0) is 0 Å². The van der Waals surface area contributed by atoms with Gasteiger partial charge in [0.1, 0.15) is 0 Å². The van der Waals surface area contributed by atoms with E-state index in [1.165, 1.54) is 38.9 Å². The minimum absolute atomic E-state index is 0.0942. The van der Waals surface area contributed by atoms with Gasteiger partial charge in [0, 0.05) is 6.42 Å². The van der Waals surface area contributed by atoms with Crippen molar-refractivity contribution in [2.24, 2.45) is 5.92 Å². The van der Waals surface area contributed by atoms with Crippen molar-refractivity contribution in [3.8, 4) is 5.75 Å². The van der Waals surface area contributed by atoms with Gasteiger partial charge in [-0.3, -0.25) is 4.79 Å². The predicted molar refractivity (Wildman–Crippen MR) is 73.1 cm³/mol. The minimum Gasteiger partial charge on any atom is -0.494 e. The van der Waals surface area contributed by atoms with Gasteiger partial charge in [-0.15, -0.1) is 0 Å². The molecule has 0 saturated heterocycles. The molecular weight excluding hydrogens is 243 g/mol. The number of benzene rings is 1. The van der Waals surface area contributed by atoms with Gasteiger partial charge in [-0.2, -0.15) is 0 Å². The molecule has 0 atom stereocenters. The number of carbonyl (C=O) groups is 1. The van der Waals surface area contributed by atoms with Gasteiger partial charge in [0.25, 0.3) is 0 Å². The van der Waals surface area contributed by atoms with Crippen LogP contribution in [0, 0.1) is 11.7 Å². The zero-order valence-corrected chi connectivity index (χ0v) is 11.5.